The fraction of sp³-hybridized carbons (Fsp3) is 0.625. The van der Waals surface area contributed by atoms with E-state index in [4.69, 9.17) is 22.1 Å². The fourth-order valence-corrected chi connectivity index (χ4v) is 3.85. The minimum absolute atomic E-state index is 0.0353. The number of hydrogen-bond donors (Lipinski definition) is 1. The number of nitrogens with zero attached hydrogens (tertiary/aromatic N) is 1. The van der Waals surface area contributed by atoms with Crippen LogP contribution in [0.15, 0.2) is 22.7 Å². The van der Waals surface area contributed by atoms with Crippen molar-refractivity contribution >= 4 is 27.5 Å². The molecule has 5 heteroatoms. The van der Waals surface area contributed by atoms with Gasteiger partial charge in [-0.05, 0) is 44.9 Å². The molecule has 3 nitrogen and oxygen atoms in total. The van der Waals surface area contributed by atoms with Crippen LogP contribution in [0.25, 0.3) is 0 Å². The van der Waals surface area contributed by atoms with Crippen LogP contribution in [0.2, 0.25) is 5.02 Å². The van der Waals surface area contributed by atoms with E-state index >= 15 is 0 Å². The molecule has 1 heterocycles. The van der Waals surface area contributed by atoms with Gasteiger partial charge in [0.05, 0.1) is 11.7 Å². The Balaban J connectivity index is 1.93. The minimum Gasteiger partial charge on any atom is -0.370 e. The average molecular weight is 376 g/mol. The first-order valence-corrected chi connectivity index (χ1v) is 8.54. The van der Waals surface area contributed by atoms with Gasteiger partial charge in [0.2, 0.25) is 0 Å². The molecule has 1 fully saturated rings. The molecule has 2 atom stereocenters. The molecule has 0 bridgehead atoms. The van der Waals surface area contributed by atoms with E-state index in [0.717, 1.165) is 41.1 Å². The molecule has 2 unspecified atom stereocenters. The number of nitrogens with two attached hydrogens (primary N) is 1. The lowest BCUT2D eigenvalue weighted by molar-refractivity contribution is -0.128. The molecule has 0 aliphatic carbocycles. The van der Waals surface area contributed by atoms with Crippen molar-refractivity contribution in [2.45, 2.75) is 44.9 Å². The van der Waals surface area contributed by atoms with Gasteiger partial charge in [0.15, 0.2) is 0 Å². The van der Waals surface area contributed by atoms with Crippen LogP contribution in [0.1, 0.15) is 38.8 Å². The van der Waals surface area contributed by atoms with Crippen LogP contribution >= 0.6 is 27.5 Å². The number of morpholine rings is 1. The molecule has 0 amide bonds. The fourth-order valence-electron chi connectivity index (χ4n) is 3.04. The van der Waals surface area contributed by atoms with E-state index in [0.29, 0.717) is 0 Å². The van der Waals surface area contributed by atoms with Crippen LogP contribution in [-0.4, -0.2) is 36.2 Å². The molecule has 21 heavy (non-hydrogen) atoms. The zero-order valence-corrected chi connectivity index (χ0v) is 15.2. The monoisotopic (exact) mass is 374 g/mol. The SMILES string of the molecule is CC1CN(CCC(N)c2ccc(Br)cc2Cl)CC(C)(C)O1. The molecule has 1 aromatic carbocycles. The van der Waals surface area contributed by atoms with Crippen LogP contribution in [0, 0.1) is 0 Å². The highest BCUT2D eigenvalue weighted by molar-refractivity contribution is 9.10. The van der Waals surface area contributed by atoms with Crippen LogP contribution in [-0.2, 0) is 4.74 Å². The number of ether oxygens (including phenoxy) is 1. The number of rotatable bonds is 4. The smallest absolute Gasteiger partial charge is 0.0757 e. The van der Waals surface area contributed by atoms with Crippen molar-refractivity contribution in [1.29, 1.82) is 0 Å². The lowest BCUT2D eigenvalue weighted by Gasteiger charge is -2.42. The Bertz CT molecular complexity index is 495. The summed E-state index contributed by atoms with van der Waals surface area (Å²) in [6, 6.07) is 5.85. The third kappa shape index (κ3) is 4.93. The van der Waals surface area contributed by atoms with E-state index in [-0.39, 0.29) is 17.7 Å². The minimum atomic E-state index is -0.0863. The van der Waals surface area contributed by atoms with Gasteiger partial charge in [-0.25, -0.2) is 0 Å². The summed E-state index contributed by atoms with van der Waals surface area (Å²) in [5.74, 6) is 0. The third-order valence-corrected chi connectivity index (χ3v) is 4.58. The highest BCUT2D eigenvalue weighted by Crippen LogP contribution is 2.28. The standard InChI is InChI=1S/C16H24BrClN2O/c1-11-9-20(10-16(2,3)21-11)7-6-15(19)13-5-4-12(17)8-14(13)18/h4-5,8,11,15H,6-7,9-10,19H2,1-3H3. The van der Waals surface area contributed by atoms with Crippen molar-refractivity contribution < 1.29 is 4.74 Å². The van der Waals surface area contributed by atoms with E-state index < -0.39 is 0 Å². The summed E-state index contributed by atoms with van der Waals surface area (Å²) in [7, 11) is 0. The van der Waals surface area contributed by atoms with Gasteiger partial charge >= 0.3 is 0 Å². The summed E-state index contributed by atoms with van der Waals surface area (Å²) in [5.41, 5.74) is 7.24. The van der Waals surface area contributed by atoms with Gasteiger partial charge in [-0.2, -0.15) is 0 Å². The highest BCUT2D eigenvalue weighted by atomic mass is 79.9. The van der Waals surface area contributed by atoms with E-state index in [1.54, 1.807) is 0 Å². The van der Waals surface area contributed by atoms with Crippen LogP contribution < -0.4 is 5.73 Å². The Kier molecular flexibility index (Phi) is 5.71. The van der Waals surface area contributed by atoms with Gasteiger partial charge in [-0.1, -0.05) is 33.6 Å². The van der Waals surface area contributed by atoms with Crippen molar-refractivity contribution in [3.05, 3.63) is 33.3 Å². The number of hydrogen-bond acceptors (Lipinski definition) is 3. The van der Waals surface area contributed by atoms with E-state index in [9.17, 15) is 0 Å². The topological polar surface area (TPSA) is 38.5 Å². The summed E-state index contributed by atoms with van der Waals surface area (Å²) in [5, 5.41) is 0.729. The summed E-state index contributed by atoms with van der Waals surface area (Å²) >= 11 is 9.69. The molecular weight excluding hydrogens is 352 g/mol. The molecule has 1 saturated heterocycles. The molecule has 0 radical (unpaired) electrons. The Morgan fingerprint density at radius 2 is 2.24 bits per heavy atom. The maximum atomic E-state index is 6.31. The molecular formula is C16H24BrClN2O. The predicted molar refractivity (Wildman–Crippen MR) is 91.8 cm³/mol. The molecule has 118 valence electrons. The number of benzene rings is 1. The molecule has 1 aromatic rings. The first kappa shape index (κ1) is 17.2. The lowest BCUT2D eigenvalue weighted by Crippen LogP contribution is -2.52. The highest BCUT2D eigenvalue weighted by Gasteiger charge is 2.31. The predicted octanol–water partition coefficient (Wildman–Crippen LogP) is 3.99. The maximum Gasteiger partial charge on any atom is 0.0757 e. The zero-order valence-electron chi connectivity index (χ0n) is 12.9. The largest absolute Gasteiger partial charge is 0.370 e. The van der Waals surface area contributed by atoms with Crippen molar-refractivity contribution in [3.63, 3.8) is 0 Å². The Hall–Kier alpha value is -0.130. The molecule has 1 aliphatic heterocycles. The second-order valence-electron chi connectivity index (χ2n) is 6.48. The summed E-state index contributed by atoms with van der Waals surface area (Å²) in [4.78, 5) is 2.43. The van der Waals surface area contributed by atoms with Gasteiger partial charge in [0, 0.05) is 35.2 Å². The van der Waals surface area contributed by atoms with Crippen LogP contribution in [0.5, 0.6) is 0 Å². The van der Waals surface area contributed by atoms with Crippen molar-refractivity contribution in [3.8, 4) is 0 Å². The summed E-state index contributed by atoms with van der Waals surface area (Å²) < 4.78 is 6.91. The molecule has 1 aliphatic rings. The zero-order chi connectivity index (χ0) is 15.6. The first-order chi connectivity index (χ1) is 9.77. The van der Waals surface area contributed by atoms with E-state index in [1.807, 2.05) is 18.2 Å². The van der Waals surface area contributed by atoms with Gasteiger partial charge in [0.25, 0.3) is 0 Å². The maximum absolute atomic E-state index is 6.31. The average Bonchev–Trinajstić information content (AvgIpc) is 2.33. The first-order valence-electron chi connectivity index (χ1n) is 7.37. The Morgan fingerprint density at radius 1 is 1.52 bits per heavy atom. The summed E-state index contributed by atoms with van der Waals surface area (Å²) in [6.45, 7) is 9.27. The summed E-state index contributed by atoms with van der Waals surface area (Å²) in [6.07, 6.45) is 1.16. The van der Waals surface area contributed by atoms with Gasteiger partial charge < -0.3 is 10.5 Å². The van der Waals surface area contributed by atoms with Gasteiger partial charge in [0.1, 0.15) is 0 Å². The Labute approximate surface area is 140 Å². The second kappa shape index (κ2) is 6.97. The molecule has 0 aromatic heterocycles. The second-order valence-corrected chi connectivity index (χ2v) is 7.81. The van der Waals surface area contributed by atoms with Crippen molar-refractivity contribution in [2.75, 3.05) is 19.6 Å². The van der Waals surface area contributed by atoms with Crippen molar-refractivity contribution in [2.24, 2.45) is 5.73 Å². The van der Waals surface area contributed by atoms with E-state index in [1.165, 1.54) is 0 Å². The quantitative estimate of drug-likeness (QED) is 0.864. The van der Waals surface area contributed by atoms with Crippen molar-refractivity contribution in [1.82, 2.24) is 4.90 Å². The molecule has 2 N–H and O–H groups in total. The van der Waals surface area contributed by atoms with Crippen LogP contribution in [0.3, 0.4) is 0 Å². The van der Waals surface area contributed by atoms with Gasteiger partial charge in [-0.15, -0.1) is 0 Å². The number of halogens is 2. The normalized spacial score (nSPS) is 24.0. The molecule has 0 spiro atoms. The molecule has 2 rings (SSSR count). The third-order valence-electron chi connectivity index (χ3n) is 3.76. The van der Waals surface area contributed by atoms with Crippen LogP contribution in [0.4, 0.5) is 0 Å². The lowest BCUT2D eigenvalue weighted by atomic mass is 10.0. The van der Waals surface area contributed by atoms with Gasteiger partial charge in [-0.3, -0.25) is 4.90 Å². The van der Waals surface area contributed by atoms with E-state index in [2.05, 4.69) is 41.6 Å². The Morgan fingerprint density at radius 3 is 2.86 bits per heavy atom. The molecule has 0 saturated carbocycles.